The number of nitrogens with one attached hydrogen (secondary N) is 1. The number of rotatable bonds is 9. The summed E-state index contributed by atoms with van der Waals surface area (Å²) in [6.45, 7) is 1.48. The second kappa shape index (κ2) is 10.7. The number of ether oxygens (including phenoxy) is 2. The molecule has 0 saturated carbocycles. The van der Waals surface area contributed by atoms with E-state index in [1.807, 2.05) is 80.8 Å². The van der Waals surface area contributed by atoms with E-state index in [-0.39, 0.29) is 5.75 Å². The molecule has 0 fully saturated rings. The highest BCUT2D eigenvalue weighted by atomic mass is 16.5. The standard InChI is InChI=1S/C27H28N4O3/c1-31(2)16-17-34-24-14-8-21(9-15-24)28-27-29-25(19-4-10-22(32)11-5-19)18-26(30-27)20-6-12-23(33-3)13-7-20/h4-15,18,32H,16-17H2,1-3H3,(H,28,29,30). The third-order valence-corrected chi connectivity index (χ3v) is 5.19. The molecule has 3 aromatic carbocycles. The van der Waals surface area contributed by atoms with Gasteiger partial charge in [0.05, 0.1) is 18.5 Å². The minimum Gasteiger partial charge on any atom is -0.508 e. The van der Waals surface area contributed by atoms with Crippen LogP contribution in [0.1, 0.15) is 0 Å². The Labute approximate surface area is 199 Å². The normalized spacial score (nSPS) is 10.8. The molecular weight excluding hydrogens is 428 g/mol. The van der Waals surface area contributed by atoms with Gasteiger partial charge >= 0.3 is 0 Å². The predicted molar refractivity (Wildman–Crippen MR) is 135 cm³/mol. The lowest BCUT2D eigenvalue weighted by atomic mass is 10.1. The molecular formula is C27H28N4O3. The number of hydrogen-bond donors (Lipinski definition) is 2. The monoisotopic (exact) mass is 456 g/mol. The van der Waals surface area contributed by atoms with Gasteiger partial charge in [-0.15, -0.1) is 0 Å². The number of methoxy groups -OCH3 is 1. The summed E-state index contributed by atoms with van der Waals surface area (Å²) in [5, 5.41) is 13.0. The van der Waals surface area contributed by atoms with E-state index in [1.165, 1.54) is 0 Å². The zero-order chi connectivity index (χ0) is 23.9. The highest BCUT2D eigenvalue weighted by Gasteiger charge is 2.10. The van der Waals surface area contributed by atoms with Crippen molar-refractivity contribution in [1.29, 1.82) is 0 Å². The SMILES string of the molecule is COc1ccc(-c2cc(-c3ccc(O)cc3)nc(Nc3ccc(OCCN(C)C)cc3)n2)cc1. The maximum Gasteiger partial charge on any atom is 0.228 e. The van der Waals surface area contributed by atoms with Gasteiger partial charge < -0.3 is 24.8 Å². The molecule has 0 bridgehead atoms. The lowest BCUT2D eigenvalue weighted by molar-refractivity contribution is 0.261. The quantitative estimate of drug-likeness (QED) is 0.358. The molecule has 1 aromatic heterocycles. The van der Waals surface area contributed by atoms with E-state index >= 15 is 0 Å². The summed E-state index contributed by atoms with van der Waals surface area (Å²) < 4.78 is 11.0. The van der Waals surface area contributed by atoms with Crippen molar-refractivity contribution in [2.24, 2.45) is 0 Å². The lowest BCUT2D eigenvalue weighted by Gasteiger charge is -2.13. The molecule has 4 aromatic rings. The summed E-state index contributed by atoms with van der Waals surface area (Å²) in [6.07, 6.45) is 0. The molecule has 174 valence electrons. The van der Waals surface area contributed by atoms with Gasteiger partial charge in [-0.3, -0.25) is 0 Å². The van der Waals surface area contributed by atoms with Crippen molar-refractivity contribution in [3.8, 4) is 39.8 Å². The fraction of sp³-hybridized carbons (Fsp3) is 0.185. The Morgan fingerprint density at radius 1 is 0.794 bits per heavy atom. The molecule has 34 heavy (non-hydrogen) atoms. The molecule has 0 atom stereocenters. The van der Waals surface area contributed by atoms with Crippen LogP contribution >= 0.6 is 0 Å². The average Bonchev–Trinajstić information content (AvgIpc) is 2.85. The predicted octanol–water partition coefficient (Wildman–Crippen LogP) is 5.21. The fourth-order valence-corrected chi connectivity index (χ4v) is 3.30. The topological polar surface area (TPSA) is 79.7 Å². The molecule has 0 radical (unpaired) electrons. The highest BCUT2D eigenvalue weighted by molar-refractivity contribution is 5.71. The van der Waals surface area contributed by atoms with Crippen molar-refractivity contribution in [3.05, 3.63) is 78.9 Å². The Morgan fingerprint density at radius 3 is 1.91 bits per heavy atom. The lowest BCUT2D eigenvalue weighted by Crippen LogP contribution is -2.19. The molecule has 0 spiro atoms. The second-order valence-electron chi connectivity index (χ2n) is 8.04. The zero-order valence-electron chi connectivity index (χ0n) is 19.5. The van der Waals surface area contributed by atoms with Crippen molar-refractivity contribution in [3.63, 3.8) is 0 Å². The van der Waals surface area contributed by atoms with E-state index in [0.29, 0.717) is 12.6 Å². The molecule has 0 amide bonds. The minimum atomic E-state index is 0.208. The van der Waals surface area contributed by atoms with Gasteiger partial charge in [0.15, 0.2) is 0 Å². The van der Waals surface area contributed by atoms with Crippen LogP contribution in [0, 0.1) is 0 Å². The van der Waals surface area contributed by atoms with Gasteiger partial charge in [-0.25, -0.2) is 9.97 Å². The van der Waals surface area contributed by atoms with E-state index in [9.17, 15) is 5.11 Å². The Hall–Kier alpha value is -4.10. The van der Waals surface area contributed by atoms with E-state index in [4.69, 9.17) is 19.4 Å². The molecule has 0 aliphatic carbocycles. The number of hydrogen-bond acceptors (Lipinski definition) is 7. The van der Waals surface area contributed by atoms with Crippen molar-refractivity contribution in [2.45, 2.75) is 0 Å². The van der Waals surface area contributed by atoms with Gasteiger partial charge in [-0.2, -0.15) is 0 Å². The Kier molecular flexibility index (Phi) is 7.25. The Balaban J connectivity index is 1.61. The first-order valence-electron chi connectivity index (χ1n) is 11.0. The number of phenolic OH excluding ortho intramolecular Hbond substituents is 1. The summed E-state index contributed by atoms with van der Waals surface area (Å²) in [5.41, 5.74) is 4.18. The van der Waals surface area contributed by atoms with Gasteiger partial charge in [0.25, 0.3) is 0 Å². The first kappa shape index (κ1) is 23.1. The molecule has 0 aliphatic heterocycles. The molecule has 1 heterocycles. The number of aromatic nitrogens is 2. The van der Waals surface area contributed by atoms with Gasteiger partial charge in [-0.1, -0.05) is 0 Å². The molecule has 7 nitrogen and oxygen atoms in total. The van der Waals surface area contributed by atoms with Gasteiger partial charge in [0.2, 0.25) is 5.95 Å². The van der Waals surface area contributed by atoms with Crippen LogP contribution in [-0.4, -0.2) is 54.3 Å². The van der Waals surface area contributed by atoms with E-state index in [1.54, 1.807) is 19.2 Å². The van der Waals surface area contributed by atoms with Crippen molar-refractivity contribution in [1.82, 2.24) is 14.9 Å². The third-order valence-electron chi connectivity index (χ3n) is 5.19. The Morgan fingerprint density at radius 2 is 1.35 bits per heavy atom. The number of anilines is 2. The van der Waals surface area contributed by atoms with E-state index < -0.39 is 0 Å². The van der Waals surface area contributed by atoms with Crippen LogP contribution in [0.4, 0.5) is 11.6 Å². The smallest absolute Gasteiger partial charge is 0.228 e. The van der Waals surface area contributed by atoms with Crippen LogP contribution in [0.2, 0.25) is 0 Å². The molecule has 4 rings (SSSR count). The number of likely N-dealkylation sites (N-methyl/N-ethyl adjacent to an activating group) is 1. The molecule has 0 aliphatic rings. The van der Waals surface area contributed by atoms with Crippen LogP contribution in [0.25, 0.3) is 22.5 Å². The molecule has 0 unspecified atom stereocenters. The van der Waals surface area contributed by atoms with Crippen LogP contribution in [0.5, 0.6) is 17.2 Å². The van der Waals surface area contributed by atoms with Crippen molar-refractivity contribution >= 4 is 11.6 Å². The first-order valence-corrected chi connectivity index (χ1v) is 11.0. The van der Waals surface area contributed by atoms with Gasteiger partial charge in [-0.05, 0) is 93.0 Å². The van der Waals surface area contributed by atoms with E-state index in [0.717, 1.165) is 46.2 Å². The number of nitrogens with zero attached hydrogens (tertiary/aromatic N) is 3. The number of phenols is 1. The maximum atomic E-state index is 9.67. The summed E-state index contributed by atoms with van der Waals surface area (Å²) in [5.74, 6) is 2.27. The summed E-state index contributed by atoms with van der Waals surface area (Å²) in [6, 6.07) is 24.3. The Bertz CT molecular complexity index is 1210. The average molecular weight is 457 g/mol. The molecule has 7 heteroatoms. The van der Waals surface area contributed by atoms with Gasteiger partial charge in [0.1, 0.15) is 23.9 Å². The van der Waals surface area contributed by atoms with Crippen molar-refractivity contribution < 1.29 is 14.6 Å². The number of aromatic hydroxyl groups is 1. The van der Waals surface area contributed by atoms with Crippen LogP contribution in [0.15, 0.2) is 78.9 Å². The number of benzene rings is 3. The third kappa shape index (κ3) is 6.02. The highest BCUT2D eigenvalue weighted by Crippen LogP contribution is 2.28. The first-order chi connectivity index (χ1) is 16.5. The summed E-state index contributed by atoms with van der Waals surface area (Å²) in [4.78, 5) is 11.5. The van der Waals surface area contributed by atoms with Crippen LogP contribution in [-0.2, 0) is 0 Å². The van der Waals surface area contributed by atoms with E-state index in [2.05, 4.69) is 10.2 Å². The molecule has 0 saturated heterocycles. The van der Waals surface area contributed by atoms with Crippen LogP contribution in [0.3, 0.4) is 0 Å². The van der Waals surface area contributed by atoms with Crippen LogP contribution < -0.4 is 14.8 Å². The maximum absolute atomic E-state index is 9.67. The fourth-order valence-electron chi connectivity index (χ4n) is 3.30. The summed E-state index contributed by atoms with van der Waals surface area (Å²) in [7, 11) is 5.68. The molecule has 2 N–H and O–H groups in total. The van der Waals surface area contributed by atoms with Gasteiger partial charge in [0, 0.05) is 23.4 Å². The summed E-state index contributed by atoms with van der Waals surface area (Å²) >= 11 is 0. The minimum absolute atomic E-state index is 0.208. The largest absolute Gasteiger partial charge is 0.508 e. The zero-order valence-corrected chi connectivity index (χ0v) is 19.5. The van der Waals surface area contributed by atoms with Crippen molar-refractivity contribution in [2.75, 3.05) is 39.7 Å². The second-order valence-corrected chi connectivity index (χ2v) is 8.04.